The van der Waals surface area contributed by atoms with E-state index in [0.717, 1.165) is 19.4 Å². The zero-order chi connectivity index (χ0) is 13.6. The number of sulfonamides is 1. The van der Waals surface area contributed by atoms with Crippen LogP contribution in [0.4, 0.5) is 0 Å². The lowest BCUT2D eigenvalue weighted by molar-refractivity contribution is 0.177. The van der Waals surface area contributed by atoms with Crippen LogP contribution in [0.5, 0.6) is 0 Å². The van der Waals surface area contributed by atoms with E-state index in [0.29, 0.717) is 25.6 Å². The number of nitrogens with one attached hydrogen (secondary N) is 1. The number of methoxy groups -OCH3 is 1. The quantitative estimate of drug-likeness (QED) is 0.601. The Labute approximate surface area is 111 Å². The summed E-state index contributed by atoms with van der Waals surface area (Å²) in [7, 11) is -1.51. The highest BCUT2D eigenvalue weighted by atomic mass is 32.2. The molecule has 0 saturated heterocycles. The van der Waals surface area contributed by atoms with Crippen LogP contribution in [0.15, 0.2) is 0 Å². The van der Waals surface area contributed by atoms with Crippen molar-refractivity contribution in [2.24, 2.45) is 0 Å². The van der Waals surface area contributed by atoms with Crippen molar-refractivity contribution in [3.63, 3.8) is 0 Å². The molecule has 1 N–H and O–H groups in total. The molecule has 1 aliphatic rings. The monoisotopic (exact) mass is 278 g/mol. The van der Waals surface area contributed by atoms with Gasteiger partial charge in [-0.25, -0.2) is 8.42 Å². The van der Waals surface area contributed by atoms with Crippen LogP contribution >= 0.6 is 0 Å². The molecule has 0 spiro atoms. The number of hydrogen-bond acceptors (Lipinski definition) is 4. The zero-order valence-corrected chi connectivity index (χ0v) is 12.5. The highest BCUT2D eigenvalue weighted by Crippen LogP contribution is 2.29. The number of rotatable bonds is 10. The molecule has 0 aliphatic heterocycles. The van der Waals surface area contributed by atoms with Crippen molar-refractivity contribution in [2.75, 3.05) is 32.6 Å². The molecule has 0 aromatic rings. The van der Waals surface area contributed by atoms with Gasteiger partial charge in [0.1, 0.15) is 0 Å². The first-order valence-corrected chi connectivity index (χ1v) is 8.30. The van der Waals surface area contributed by atoms with Gasteiger partial charge >= 0.3 is 0 Å². The largest absolute Gasteiger partial charge is 0.383 e. The summed E-state index contributed by atoms with van der Waals surface area (Å²) in [5.41, 5.74) is 0. The van der Waals surface area contributed by atoms with Crippen LogP contribution in [-0.2, 0) is 14.8 Å². The van der Waals surface area contributed by atoms with E-state index in [-0.39, 0.29) is 11.8 Å². The fraction of sp³-hybridized carbons (Fsp3) is 1.00. The second kappa shape index (κ2) is 7.43. The molecular weight excluding hydrogens is 252 g/mol. The minimum atomic E-state index is -3.12. The van der Waals surface area contributed by atoms with Crippen LogP contribution in [0.3, 0.4) is 0 Å². The van der Waals surface area contributed by atoms with Crippen LogP contribution in [0, 0.1) is 0 Å². The maximum atomic E-state index is 12.2. The molecule has 0 aromatic heterocycles. The predicted molar refractivity (Wildman–Crippen MR) is 73.1 cm³/mol. The standard InChI is InChI=1S/C12H26N2O3S/c1-11(2)13-7-4-10-18(15,16)14(8-9-17-3)12-5-6-12/h11-13H,4-10H2,1-3H3. The summed E-state index contributed by atoms with van der Waals surface area (Å²) in [6.07, 6.45) is 2.65. The minimum absolute atomic E-state index is 0.225. The summed E-state index contributed by atoms with van der Waals surface area (Å²) >= 11 is 0. The fourth-order valence-corrected chi connectivity index (χ4v) is 3.62. The van der Waals surface area contributed by atoms with Crippen molar-refractivity contribution < 1.29 is 13.2 Å². The highest BCUT2D eigenvalue weighted by Gasteiger charge is 2.36. The Morgan fingerprint density at radius 2 is 2.06 bits per heavy atom. The van der Waals surface area contributed by atoms with Crippen molar-refractivity contribution in [3.05, 3.63) is 0 Å². The van der Waals surface area contributed by atoms with Gasteiger partial charge in [0.25, 0.3) is 0 Å². The van der Waals surface area contributed by atoms with Gasteiger partial charge in [-0.1, -0.05) is 13.8 Å². The lowest BCUT2D eigenvalue weighted by Gasteiger charge is -2.21. The van der Waals surface area contributed by atoms with Gasteiger partial charge in [-0.05, 0) is 25.8 Å². The molecule has 0 atom stereocenters. The van der Waals surface area contributed by atoms with Gasteiger partial charge in [-0.15, -0.1) is 0 Å². The van der Waals surface area contributed by atoms with E-state index in [4.69, 9.17) is 4.74 Å². The average molecular weight is 278 g/mol. The Morgan fingerprint density at radius 1 is 1.39 bits per heavy atom. The van der Waals surface area contributed by atoms with Crippen molar-refractivity contribution in [1.82, 2.24) is 9.62 Å². The lowest BCUT2D eigenvalue weighted by atomic mass is 10.4. The Hall–Kier alpha value is -0.170. The molecule has 108 valence electrons. The summed E-state index contributed by atoms with van der Waals surface area (Å²) in [6.45, 7) is 5.83. The summed E-state index contributed by atoms with van der Waals surface area (Å²) in [4.78, 5) is 0. The van der Waals surface area contributed by atoms with Gasteiger partial charge in [0.2, 0.25) is 10.0 Å². The molecule has 1 aliphatic carbocycles. The third-order valence-electron chi connectivity index (χ3n) is 2.96. The van der Waals surface area contributed by atoms with Gasteiger partial charge in [-0.2, -0.15) is 4.31 Å². The van der Waals surface area contributed by atoms with Crippen LogP contribution < -0.4 is 5.32 Å². The van der Waals surface area contributed by atoms with Crippen molar-refractivity contribution in [2.45, 2.75) is 45.2 Å². The Kier molecular flexibility index (Phi) is 6.55. The van der Waals surface area contributed by atoms with Crippen molar-refractivity contribution in [3.8, 4) is 0 Å². The van der Waals surface area contributed by atoms with Crippen molar-refractivity contribution in [1.29, 1.82) is 0 Å². The molecule has 0 bridgehead atoms. The molecule has 0 heterocycles. The number of hydrogen-bond donors (Lipinski definition) is 1. The van der Waals surface area contributed by atoms with E-state index in [9.17, 15) is 8.42 Å². The molecule has 6 heteroatoms. The number of ether oxygens (including phenoxy) is 1. The first-order valence-electron chi connectivity index (χ1n) is 6.69. The van der Waals surface area contributed by atoms with E-state index in [1.165, 1.54) is 0 Å². The highest BCUT2D eigenvalue weighted by molar-refractivity contribution is 7.89. The first-order chi connectivity index (χ1) is 8.47. The van der Waals surface area contributed by atoms with E-state index >= 15 is 0 Å². The molecular formula is C12H26N2O3S. The maximum Gasteiger partial charge on any atom is 0.214 e. The fourth-order valence-electron chi connectivity index (χ4n) is 1.86. The predicted octanol–water partition coefficient (Wildman–Crippen LogP) is 0.815. The SMILES string of the molecule is COCCN(C1CC1)S(=O)(=O)CCCNC(C)C. The third kappa shape index (κ3) is 5.65. The molecule has 1 saturated carbocycles. The summed E-state index contributed by atoms with van der Waals surface area (Å²) < 4.78 is 31.0. The Balaban J connectivity index is 2.38. The average Bonchev–Trinajstić information content (AvgIpc) is 3.09. The molecule has 0 aromatic carbocycles. The van der Waals surface area contributed by atoms with Gasteiger partial charge in [0.15, 0.2) is 0 Å². The second-order valence-electron chi connectivity index (χ2n) is 5.11. The van der Waals surface area contributed by atoms with Crippen LogP contribution in [0.1, 0.15) is 33.1 Å². The van der Waals surface area contributed by atoms with E-state index in [2.05, 4.69) is 19.2 Å². The molecule has 5 nitrogen and oxygen atoms in total. The van der Waals surface area contributed by atoms with E-state index in [1.807, 2.05) is 0 Å². The topological polar surface area (TPSA) is 58.6 Å². The zero-order valence-electron chi connectivity index (χ0n) is 11.7. The second-order valence-corrected chi connectivity index (χ2v) is 7.15. The third-order valence-corrected chi connectivity index (χ3v) is 4.96. The molecule has 1 fully saturated rings. The molecule has 18 heavy (non-hydrogen) atoms. The first kappa shape index (κ1) is 15.9. The summed E-state index contributed by atoms with van der Waals surface area (Å²) in [5.74, 6) is 0.229. The van der Waals surface area contributed by atoms with Gasteiger partial charge in [0.05, 0.1) is 12.4 Å². The number of nitrogens with zero attached hydrogens (tertiary/aromatic N) is 1. The van der Waals surface area contributed by atoms with Gasteiger partial charge < -0.3 is 10.1 Å². The normalized spacial score (nSPS) is 16.7. The molecule has 0 unspecified atom stereocenters. The van der Waals surface area contributed by atoms with E-state index < -0.39 is 10.0 Å². The maximum absolute atomic E-state index is 12.2. The van der Waals surface area contributed by atoms with Crippen LogP contribution in [-0.4, -0.2) is 57.4 Å². The van der Waals surface area contributed by atoms with E-state index in [1.54, 1.807) is 11.4 Å². The molecule has 1 rings (SSSR count). The van der Waals surface area contributed by atoms with Gasteiger partial charge in [-0.3, -0.25) is 0 Å². The van der Waals surface area contributed by atoms with Gasteiger partial charge in [0, 0.05) is 25.7 Å². The van der Waals surface area contributed by atoms with Crippen LogP contribution in [0.25, 0.3) is 0 Å². The molecule has 0 radical (unpaired) electrons. The Morgan fingerprint density at radius 3 is 2.56 bits per heavy atom. The lowest BCUT2D eigenvalue weighted by Crippen LogP contribution is -2.38. The smallest absolute Gasteiger partial charge is 0.214 e. The summed E-state index contributed by atoms with van der Waals surface area (Å²) in [5, 5.41) is 3.24. The Bertz CT molecular complexity index is 326. The van der Waals surface area contributed by atoms with Crippen LogP contribution in [0.2, 0.25) is 0 Å². The van der Waals surface area contributed by atoms with Crippen molar-refractivity contribution >= 4 is 10.0 Å². The summed E-state index contributed by atoms with van der Waals surface area (Å²) in [6, 6.07) is 0.629. The minimum Gasteiger partial charge on any atom is -0.383 e. The molecule has 0 amide bonds.